The molecule has 0 fully saturated rings. The molecule has 0 atom stereocenters. The zero-order valence-electron chi connectivity index (χ0n) is 17.3. The summed E-state index contributed by atoms with van der Waals surface area (Å²) in [5, 5.41) is 15.0. The summed E-state index contributed by atoms with van der Waals surface area (Å²) < 4.78 is 20.9. The molecule has 0 saturated heterocycles. The molecular weight excluding hydrogens is 485 g/mol. The average molecular weight is 502 g/mol. The van der Waals surface area contributed by atoms with Crippen molar-refractivity contribution < 1.29 is 13.9 Å². The summed E-state index contributed by atoms with van der Waals surface area (Å²) in [7, 11) is 0. The Labute approximate surface area is 198 Å². The second-order valence-corrected chi connectivity index (χ2v) is 8.03. The van der Waals surface area contributed by atoms with Crippen molar-refractivity contribution in [2.75, 3.05) is 0 Å². The van der Waals surface area contributed by atoms with Crippen molar-refractivity contribution in [3.63, 3.8) is 0 Å². The van der Waals surface area contributed by atoms with Crippen LogP contribution < -0.4 is 10.2 Å². The molecule has 0 bridgehead atoms. The van der Waals surface area contributed by atoms with Gasteiger partial charge in [-0.3, -0.25) is 4.79 Å². The van der Waals surface area contributed by atoms with E-state index in [0.29, 0.717) is 17.9 Å². The van der Waals surface area contributed by atoms with Gasteiger partial charge in [0.1, 0.15) is 18.2 Å². The Hall–Kier alpha value is -4.02. The minimum Gasteiger partial charge on any atom is -0.488 e. The Bertz CT molecular complexity index is 1410. The highest BCUT2D eigenvalue weighted by Gasteiger charge is 2.12. The summed E-state index contributed by atoms with van der Waals surface area (Å²) in [6, 6.07) is 25.0. The summed E-state index contributed by atoms with van der Waals surface area (Å²) in [6.07, 6.45) is 1.43. The maximum absolute atomic E-state index is 14.0. The minimum absolute atomic E-state index is 0.134. The number of carbonyl (C=O) groups excluding carboxylic acids is 1. The number of hydrogen-bond acceptors (Lipinski definition) is 4. The molecule has 0 saturated carbocycles. The minimum atomic E-state index is -0.789. The SMILES string of the molecule is N#Cc1ccc(C(=O)N/N=C\c2cc(Br)ccc2OCc2cccc3ccccc23)c(F)c1. The highest BCUT2D eigenvalue weighted by atomic mass is 79.9. The van der Waals surface area contributed by atoms with E-state index in [9.17, 15) is 9.18 Å². The number of amides is 1. The number of fused-ring (bicyclic) bond motifs is 1. The molecule has 5 nitrogen and oxygen atoms in total. The van der Waals surface area contributed by atoms with E-state index in [2.05, 4.69) is 44.7 Å². The molecular formula is C26H17BrFN3O2. The standard InChI is InChI=1S/C26H17BrFN3O2/c27-21-9-11-25(33-16-19-6-3-5-18-4-1-2-7-22(18)19)20(13-21)15-30-31-26(32)23-10-8-17(14-29)12-24(23)28/h1-13,15H,16H2,(H,31,32)/b30-15-. The first-order chi connectivity index (χ1) is 16.0. The highest BCUT2D eigenvalue weighted by molar-refractivity contribution is 9.10. The van der Waals surface area contributed by atoms with Crippen molar-refractivity contribution in [3.8, 4) is 11.8 Å². The van der Waals surface area contributed by atoms with Gasteiger partial charge >= 0.3 is 0 Å². The Morgan fingerprint density at radius 2 is 1.91 bits per heavy atom. The molecule has 1 N–H and O–H groups in total. The number of rotatable bonds is 6. The molecule has 1 amide bonds. The maximum atomic E-state index is 14.0. The van der Waals surface area contributed by atoms with Gasteiger partial charge < -0.3 is 4.74 Å². The molecule has 4 rings (SSSR count). The smallest absolute Gasteiger partial charge is 0.274 e. The van der Waals surface area contributed by atoms with Crippen LogP contribution in [-0.2, 0) is 6.61 Å². The van der Waals surface area contributed by atoms with Gasteiger partial charge in [0, 0.05) is 10.0 Å². The summed E-state index contributed by atoms with van der Waals surface area (Å²) in [5.41, 5.74) is 3.91. The van der Waals surface area contributed by atoms with Crippen molar-refractivity contribution in [2.45, 2.75) is 6.61 Å². The van der Waals surface area contributed by atoms with Crippen molar-refractivity contribution in [1.29, 1.82) is 5.26 Å². The first-order valence-corrected chi connectivity index (χ1v) is 10.8. The fourth-order valence-electron chi connectivity index (χ4n) is 3.31. The number of nitriles is 1. The first kappa shape index (κ1) is 22.2. The molecule has 4 aromatic carbocycles. The van der Waals surface area contributed by atoms with Crippen LogP contribution >= 0.6 is 15.9 Å². The number of nitrogens with zero attached hydrogens (tertiary/aromatic N) is 2. The molecule has 0 radical (unpaired) electrons. The molecule has 162 valence electrons. The summed E-state index contributed by atoms with van der Waals surface area (Å²) in [5.74, 6) is -0.932. The molecule has 4 aromatic rings. The van der Waals surface area contributed by atoms with Gasteiger partial charge in [0.2, 0.25) is 0 Å². The lowest BCUT2D eigenvalue weighted by Crippen LogP contribution is -2.19. The topological polar surface area (TPSA) is 74.5 Å². The van der Waals surface area contributed by atoms with Crippen LogP contribution in [-0.4, -0.2) is 12.1 Å². The number of nitrogens with one attached hydrogen (secondary N) is 1. The summed E-state index contributed by atoms with van der Waals surface area (Å²) >= 11 is 3.43. The summed E-state index contributed by atoms with van der Waals surface area (Å²) in [4.78, 5) is 12.3. The predicted molar refractivity (Wildman–Crippen MR) is 129 cm³/mol. The third kappa shape index (κ3) is 5.25. The lowest BCUT2D eigenvalue weighted by molar-refractivity contribution is 0.0951. The van der Waals surface area contributed by atoms with E-state index in [1.165, 1.54) is 18.3 Å². The zero-order chi connectivity index (χ0) is 23.2. The molecule has 7 heteroatoms. The predicted octanol–water partition coefficient (Wildman–Crippen LogP) is 5.96. The third-order valence-electron chi connectivity index (χ3n) is 4.95. The van der Waals surface area contributed by atoms with Gasteiger partial charge in [0.05, 0.1) is 23.4 Å². The molecule has 0 aromatic heterocycles. The van der Waals surface area contributed by atoms with E-state index in [-0.39, 0.29) is 11.1 Å². The Morgan fingerprint density at radius 1 is 1.09 bits per heavy atom. The van der Waals surface area contributed by atoms with Crippen LogP contribution in [0.1, 0.15) is 27.0 Å². The fourth-order valence-corrected chi connectivity index (χ4v) is 3.69. The van der Waals surface area contributed by atoms with E-state index >= 15 is 0 Å². The maximum Gasteiger partial charge on any atom is 0.274 e. The van der Waals surface area contributed by atoms with E-state index in [1.54, 1.807) is 12.1 Å². The van der Waals surface area contributed by atoms with Crippen LogP contribution in [0.5, 0.6) is 5.75 Å². The van der Waals surface area contributed by atoms with Gasteiger partial charge in [-0.1, -0.05) is 58.4 Å². The van der Waals surface area contributed by atoms with E-state index in [1.807, 2.05) is 36.4 Å². The molecule has 0 spiro atoms. The van der Waals surface area contributed by atoms with Gasteiger partial charge in [-0.2, -0.15) is 10.4 Å². The van der Waals surface area contributed by atoms with Crippen molar-refractivity contribution in [2.24, 2.45) is 5.10 Å². The Morgan fingerprint density at radius 3 is 2.73 bits per heavy atom. The number of halogens is 2. The molecule has 0 aliphatic carbocycles. The lowest BCUT2D eigenvalue weighted by Gasteiger charge is -2.11. The van der Waals surface area contributed by atoms with Crippen LogP contribution in [0.4, 0.5) is 4.39 Å². The van der Waals surface area contributed by atoms with Gasteiger partial charge in [0.25, 0.3) is 5.91 Å². The van der Waals surface area contributed by atoms with Gasteiger partial charge in [-0.25, -0.2) is 9.82 Å². The Kier molecular flexibility index (Phi) is 6.77. The van der Waals surface area contributed by atoms with Crippen LogP contribution in [0.2, 0.25) is 0 Å². The van der Waals surface area contributed by atoms with Gasteiger partial charge in [0.15, 0.2) is 0 Å². The normalized spacial score (nSPS) is 10.8. The highest BCUT2D eigenvalue weighted by Crippen LogP contribution is 2.25. The van der Waals surface area contributed by atoms with E-state index < -0.39 is 11.7 Å². The first-order valence-electron chi connectivity index (χ1n) is 9.97. The lowest BCUT2D eigenvalue weighted by atomic mass is 10.1. The molecule has 0 aliphatic rings. The van der Waals surface area contributed by atoms with Crippen LogP contribution in [0.15, 0.2) is 88.4 Å². The number of ether oxygens (including phenoxy) is 1. The average Bonchev–Trinajstić information content (AvgIpc) is 2.83. The molecule has 33 heavy (non-hydrogen) atoms. The number of carbonyl (C=O) groups is 1. The van der Waals surface area contributed by atoms with E-state index in [4.69, 9.17) is 10.00 Å². The Balaban J connectivity index is 1.49. The number of hydrazone groups is 1. The van der Waals surface area contributed by atoms with Crippen molar-refractivity contribution >= 4 is 38.8 Å². The van der Waals surface area contributed by atoms with E-state index in [0.717, 1.165) is 26.9 Å². The van der Waals surface area contributed by atoms with Crippen molar-refractivity contribution in [3.05, 3.63) is 111 Å². The second kappa shape index (κ2) is 10.1. The van der Waals surface area contributed by atoms with Crippen LogP contribution in [0.25, 0.3) is 10.8 Å². The number of benzene rings is 4. The molecule has 0 aliphatic heterocycles. The van der Waals surface area contributed by atoms with Crippen molar-refractivity contribution in [1.82, 2.24) is 5.43 Å². The van der Waals surface area contributed by atoms with Gasteiger partial charge in [-0.15, -0.1) is 0 Å². The summed E-state index contributed by atoms with van der Waals surface area (Å²) in [6.45, 7) is 0.354. The van der Waals surface area contributed by atoms with Crippen LogP contribution in [0, 0.1) is 17.1 Å². The number of hydrogen-bond donors (Lipinski definition) is 1. The van der Waals surface area contributed by atoms with Crippen LogP contribution in [0.3, 0.4) is 0 Å². The second-order valence-electron chi connectivity index (χ2n) is 7.11. The molecule has 0 unspecified atom stereocenters. The van der Waals surface area contributed by atoms with Gasteiger partial charge in [-0.05, 0) is 52.7 Å². The zero-order valence-corrected chi connectivity index (χ0v) is 18.8. The third-order valence-corrected chi connectivity index (χ3v) is 5.44. The monoisotopic (exact) mass is 501 g/mol. The fraction of sp³-hybridized carbons (Fsp3) is 0.0385. The largest absolute Gasteiger partial charge is 0.488 e. The molecule has 0 heterocycles. The quantitative estimate of drug-likeness (QED) is 0.261.